The summed E-state index contributed by atoms with van der Waals surface area (Å²) in [6, 6.07) is 6.23. The summed E-state index contributed by atoms with van der Waals surface area (Å²) in [5.41, 5.74) is -4.50. The first-order valence-corrected chi connectivity index (χ1v) is 10.4. The Morgan fingerprint density at radius 1 is 0.973 bits per heavy atom. The normalized spacial score (nSPS) is 12.4. The van der Waals surface area contributed by atoms with Gasteiger partial charge in [0, 0.05) is 17.6 Å². The number of hydrogen-bond acceptors (Lipinski definition) is 7. The molecule has 0 bridgehead atoms. The molecule has 15 heteroatoms. The number of methoxy groups -OCH3 is 1. The van der Waals surface area contributed by atoms with Gasteiger partial charge in [0.15, 0.2) is 17.3 Å². The van der Waals surface area contributed by atoms with Crippen LogP contribution in [0.25, 0.3) is 39.2 Å². The molecule has 0 aliphatic heterocycles. The minimum absolute atomic E-state index is 0.0566. The fourth-order valence-electron chi connectivity index (χ4n) is 3.61. The highest BCUT2D eigenvalue weighted by atomic mass is 35.5. The summed E-state index contributed by atoms with van der Waals surface area (Å²) < 4.78 is 91.1. The molecule has 0 amide bonds. The largest absolute Gasteiger partial charge is 0.494 e. The molecular weight excluding hydrogens is 532 g/mol. The first kappa shape index (κ1) is 24.5. The molecule has 190 valence electrons. The monoisotopic (exact) mass is 541 g/mol. The molecule has 0 saturated heterocycles. The topological polar surface area (TPSA) is 95.9 Å². The van der Waals surface area contributed by atoms with Crippen molar-refractivity contribution in [2.75, 3.05) is 7.11 Å². The maximum atomic E-state index is 13.5. The van der Waals surface area contributed by atoms with E-state index in [4.69, 9.17) is 20.8 Å². The van der Waals surface area contributed by atoms with Crippen LogP contribution in [0.5, 0.6) is 5.75 Å². The van der Waals surface area contributed by atoms with Crippen LogP contribution in [0.4, 0.5) is 26.3 Å². The number of ether oxygens (including phenoxy) is 1. The van der Waals surface area contributed by atoms with Crippen molar-refractivity contribution in [1.82, 2.24) is 24.7 Å². The van der Waals surface area contributed by atoms with Crippen LogP contribution in [0.2, 0.25) is 5.02 Å². The third kappa shape index (κ3) is 4.22. The number of aromatic nitrogens is 5. The molecule has 4 aromatic heterocycles. The number of nitrogens with zero attached hydrogens (tertiary/aromatic N) is 5. The van der Waals surface area contributed by atoms with Gasteiger partial charge in [-0.1, -0.05) is 11.6 Å². The number of pyridine rings is 2. The lowest BCUT2D eigenvalue weighted by Gasteiger charge is -2.12. The number of hydrogen-bond donors (Lipinski definition) is 0. The average Bonchev–Trinajstić information content (AvgIpc) is 3.28. The standard InChI is InChI=1S/C22H10ClF6N5O3/c1-36-17-9-4-5-14(21(24,25)26)31-12(9)7-10-16(17)32-19(37-20(10)35)13-8-15(22(27,28)29)33-34(13)18-11(23)3-2-6-30-18/h2-8H,1H3. The summed E-state index contributed by atoms with van der Waals surface area (Å²) >= 11 is 6.10. The Balaban J connectivity index is 1.81. The van der Waals surface area contributed by atoms with Crippen molar-refractivity contribution < 1.29 is 35.5 Å². The first-order valence-electron chi connectivity index (χ1n) is 10.1. The second-order valence-electron chi connectivity index (χ2n) is 7.51. The lowest BCUT2D eigenvalue weighted by Crippen LogP contribution is -2.10. The molecule has 0 unspecified atom stereocenters. The predicted octanol–water partition coefficient (Wildman–Crippen LogP) is 5.68. The first-order chi connectivity index (χ1) is 17.4. The van der Waals surface area contributed by atoms with E-state index in [1.807, 2.05) is 0 Å². The van der Waals surface area contributed by atoms with E-state index in [9.17, 15) is 31.1 Å². The molecule has 0 fully saturated rings. The smallest absolute Gasteiger partial charge is 0.435 e. The van der Waals surface area contributed by atoms with Gasteiger partial charge in [-0.25, -0.2) is 24.4 Å². The van der Waals surface area contributed by atoms with Gasteiger partial charge in [0.25, 0.3) is 0 Å². The highest BCUT2D eigenvalue weighted by molar-refractivity contribution is 6.32. The van der Waals surface area contributed by atoms with E-state index in [1.54, 1.807) is 0 Å². The molecule has 5 aromatic rings. The van der Waals surface area contributed by atoms with Crippen LogP contribution in [0, 0.1) is 0 Å². The zero-order valence-electron chi connectivity index (χ0n) is 18.1. The molecule has 8 nitrogen and oxygen atoms in total. The van der Waals surface area contributed by atoms with Crippen molar-refractivity contribution in [3.05, 3.63) is 69.4 Å². The lowest BCUT2D eigenvalue weighted by molar-refractivity contribution is -0.142. The van der Waals surface area contributed by atoms with Crippen LogP contribution in [0.15, 0.2) is 51.8 Å². The molecule has 0 radical (unpaired) electrons. The van der Waals surface area contributed by atoms with E-state index in [2.05, 4.69) is 20.1 Å². The molecule has 0 N–H and O–H groups in total. The van der Waals surface area contributed by atoms with Gasteiger partial charge >= 0.3 is 18.0 Å². The van der Waals surface area contributed by atoms with E-state index < -0.39 is 41.0 Å². The third-order valence-corrected chi connectivity index (χ3v) is 5.49. The van der Waals surface area contributed by atoms with Gasteiger partial charge in [0.05, 0.1) is 23.0 Å². The average molecular weight is 542 g/mol. The number of halogens is 7. The summed E-state index contributed by atoms with van der Waals surface area (Å²) in [4.78, 5) is 24.5. The zero-order valence-corrected chi connectivity index (χ0v) is 18.9. The van der Waals surface area contributed by atoms with Crippen LogP contribution in [0.3, 0.4) is 0 Å². The molecule has 0 spiro atoms. The molecule has 1 aromatic carbocycles. The summed E-state index contributed by atoms with van der Waals surface area (Å²) in [6.07, 6.45) is -8.36. The van der Waals surface area contributed by atoms with Crippen LogP contribution >= 0.6 is 11.6 Å². The van der Waals surface area contributed by atoms with Crippen LogP contribution < -0.4 is 10.4 Å². The van der Waals surface area contributed by atoms with Crippen molar-refractivity contribution in [3.63, 3.8) is 0 Å². The van der Waals surface area contributed by atoms with E-state index in [0.29, 0.717) is 10.7 Å². The minimum atomic E-state index is -4.88. The summed E-state index contributed by atoms with van der Waals surface area (Å²) in [7, 11) is 1.18. The second kappa shape index (κ2) is 8.44. The van der Waals surface area contributed by atoms with Crippen LogP contribution in [-0.4, -0.2) is 31.8 Å². The summed E-state index contributed by atoms with van der Waals surface area (Å²) in [5, 5.41) is 3.23. The Hall–Kier alpha value is -4.20. The Morgan fingerprint density at radius 3 is 2.35 bits per heavy atom. The molecule has 0 aliphatic rings. The van der Waals surface area contributed by atoms with E-state index in [0.717, 1.165) is 18.2 Å². The SMILES string of the molecule is COc1c2ccc(C(F)(F)F)nc2cc2c(=O)oc(-c3cc(C(F)(F)F)nn3-c3ncccc3Cl)nc12. The Kier molecular flexibility index (Phi) is 5.58. The van der Waals surface area contributed by atoms with Crippen molar-refractivity contribution in [2.45, 2.75) is 12.4 Å². The van der Waals surface area contributed by atoms with Gasteiger partial charge in [-0.2, -0.15) is 31.4 Å². The highest BCUT2D eigenvalue weighted by Crippen LogP contribution is 2.37. The number of alkyl halides is 6. The van der Waals surface area contributed by atoms with E-state index in [-0.39, 0.29) is 38.4 Å². The molecule has 0 atom stereocenters. The van der Waals surface area contributed by atoms with Crippen molar-refractivity contribution in [1.29, 1.82) is 0 Å². The van der Waals surface area contributed by atoms with E-state index >= 15 is 0 Å². The van der Waals surface area contributed by atoms with Crippen molar-refractivity contribution in [2.24, 2.45) is 0 Å². The van der Waals surface area contributed by atoms with Gasteiger partial charge in [-0.05, 0) is 30.3 Å². The van der Waals surface area contributed by atoms with Crippen LogP contribution in [0.1, 0.15) is 11.4 Å². The molecule has 4 heterocycles. The Bertz CT molecular complexity index is 1750. The van der Waals surface area contributed by atoms with Gasteiger partial charge in [-0.3, -0.25) is 0 Å². The molecular formula is C22H10ClF6N5O3. The summed E-state index contributed by atoms with van der Waals surface area (Å²) in [6.45, 7) is 0. The zero-order chi connectivity index (χ0) is 26.7. The van der Waals surface area contributed by atoms with Gasteiger partial charge < -0.3 is 9.15 Å². The Labute approximate surface area is 206 Å². The maximum absolute atomic E-state index is 13.5. The van der Waals surface area contributed by atoms with Crippen LogP contribution in [-0.2, 0) is 12.4 Å². The fraction of sp³-hybridized carbons (Fsp3) is 0.136. The van der Waals surface area contributed by atoms with Gasteiger partial charge in [-0.15, -0.1) is 0 Å². The van der Waals surface area contributed by atoms with Gasteiger partial charge in [0.1, 0.15) is 16.9 Å². The maximum Gasteiger partial charge on any atom is 0.435 e. The summed E-state index contributed by atoms with van der Waals surface area (Å²) in [5.74, 6) is -0.936. The van der Waals surface area contributed by atoms with Crippen molar-refractivity contribution in [3.8, 4) is 23.2 Å². The fourth-order valence-corrected chi connectivity index (χ4v) is 3.81. The quantitative estimate of drug-likeness (QED) is 0.214. The molecule has 37 heavy (non-hydrogen) atoms. The number of fused-ring (bicyclic) bond motifs is 2. The van der Waals surface area contributed by atoms with Gasteiger partial charge in [0.2, 0.25) is 5.89 Å². The predicted molar refractivity (Wildman–Crippen MR) is 117 cm³/mol. The van der Waals surface area contributed by atoms with E-state index in [1.165, 1.54) is 25.4 Å². The Morgan fingerprint density at radius 2 is 1.70 bits per heavy atom. The molecule has 0 saturated carbocycles. The third-order valence-electron chi connectivity index (χ3n) is 5.20. The molecule has 5 rings (SSSR count). The minimum Gasteiger partial charge on any atom is -0.494 e. The highest BCUT2D eigenvalue weighted by Gasteiger charge is 2.37. The number of benzene rings is 1. The number of rotatable bonds is 3. The molecule has 0 aliphatic carbocycles. The van der Waals surface area contributed by atoms with Crippen molar-refractivity contribution >= 4 is 33.4 Å². The second-order valence-corrected chi connectivity index (χ2v) is 7.91. The lowest BCUT2D eigenvalue weighted by atomic mass is 10.1.